The third-order valence-corrected chi connectivity index (χ3v) is 6.50. The van der Waals surface area contributed by atoms with Gasteiger partial charge in [-0.15, -0.1) is 0 Å². The number of hydrogen-bond donors (Lipinski definition) is 0. The number of nitriles is 1. The Hall–Kier alpha value is -2.07. The second-order valence-corrected chi connectivity index (χ2v) is 7.74. The molecule has 0 bridgehead atoms. The molecule has 2 aliphatic rings. The molecule has 0 aromatic heterocycles. The fraction of sp³-hybridized carbons (Fsp3) is 0.435. The van der Waals surface area contributed by atoms with Crippen molar-refractivity contribution in [2.45, 2.75) is 49.9 Å². The Bertz CT molecular complexity index is 715. The van der Waals surface area contributed by atoms with E-state index in [1.807, 2.05) is 6.07 Å². The zero-order valence-electron chi connectivity index (χ0n) is 14.2. The monoisotopic (exact) mass is 315 g/mol. The van der Waals surface area contributed by atoms with Gasteiger partial charge in [0.1, 0.15) is 0 Å². The highest BCUT2D eigenvalue weighted by Crippen LogP contribution is 2.52. The lowest BCUT2D eigenvalue weighted by atomic mass is 9.58. The van der Waals surface area contributed by atoms with Crippen LogP contribution in [0.3, 0.4) is 0 Å². The van der Waals surface area contributed by atoms with Crippen LogP contribution in [0.15, 0.2) is 60.7 Å². The summed E-state index contributed by atoms with van der Waals surface area (Å²) in [6.07, 6.45) is 7.15. The third kappa shape index (κ3) is 2.75. The van der Waals surface area contributed by atoms with Gasteiger partial charge in [-0.25, -0.2) is 0 Å². The molecule has 4 rings (SSSR count). The van der Waals surface area contributed by atoms with Gasteiger partial charge in [0.2, 0.25) is 0 Å². The molecular weight excluding hydrogens is 290 g/mol. The molecular formula is C23H25N. The van der Waals surface area contributed by atoms with E-state index in [-0.39, 0.29) is 5.41 Å². The van der Waals surface area contributed by atoms with Gasteiger partial charge in [0, 0.05) is 0 Å². The standard InChI is InChI=1S/C23H25N/c24-17-23(22-9-5-2-6-10-22)14-13-20-15-19(11-12-21(20)16-23)18-7-3-1-4-8-18/h1-10,19-21H,11-16H2. The molecule has 1 nitrogen and oxygen atoms in total. The molecule has 0 saturated heterocycles. The van der Waals surface area contributed by atoms with Crippen molar-refractivity contribution >= 4 is 0 Å². The topological polar surface area (TPSA) is 23.8 Å². The summed E-state index contributed by atoms with van der Waals surface area (Å²) in [7, 11) is 0. The summed E-state index contributed by atoms with van der Waals surface area (Å²) >= 11 is 0. The van der Waals surface area contributed by atoms with E-state index in [0.717, 1.165) is 30.6 Å². The molecule has 2 aliphatic carbocycles. The van der Waals surface area contributed by atoms with Gasteiger partial charge in [0.05, 0.1) is 11.5 Å². The molecule has 4 atom stereocenters. The van der Waals surface area contributed by atoms with E-state index in [4.69, 9.17) is 0 Å². The molecule has 4 unspecified atom stereocenters. The predicted molar refractivity (Wildman–Crippen MR) is 97.6 cm³/mol. The van der Waals surface area contributed by atoms with Crippen LogP contribution in [-0.4, -0.2) is 0 Å². The minimum atomic E-state index is -0.248. The largest absolute Gasteiger partial charge is 0.197 e. The van der Waals surface area contributed by atoms with Gasteiger partial charge in [-0.3, -0.25) is 0 Å². The van der Waals surface area contributed by atoms with Crippen LogP contribution >= 0.6 is 0 Å². The molecule has 1 heteroatoms. The fourth-order valence-electron chi connectivity index (χ4n) is 5.14. The van der Waals surface area contributed by atoms with Crippen LogP contribution in [0, 0.1) is 23.2 Å². The Balaban J connectivity index is 1.51. The molecule has 24 heavy (non-hydrogen) atoms. The van der Waals surface area contributed by atoms with Crippen LogP contribution in [-0.2, 0) is 5.41 Å². The third-order valence-electron chi connectivity index (χ3n) is 6.50. The van der Waals surface area contributed by atoms with Crippen LogP contribution < -0.4 is 0 Å². The van der Waals surface area contributed by atoms with E-state index in [1.165, 1.54) is 36.8 Å². The second kappa shape index (κ2) is 6.44. The van der Waals surface area contributed by atoms with Gasteiger partial charge in [0.25, 0.3) is 0 Å². The van der Waals surface area contributed by atoms with Crippen LogP contribution in [0.1, 0.15) is 55.6 Å². The van der Waals surface area contributed by atoms with E-state index in [9.17, 15) is 5.26 Å². The van der Waals surface area contributed by atoms with E-state index in [0.29, 0.717) is 0 Å². The van der Waals surface area contributed by atoms with Gasteiger partial charge in [-0.05, 0) is 67.4 Å². The molecule has 0 amide bonds. The summed E-state index contributed by atoms with van der Waals surface area (Å²) in [5.74, 6) is 2.24. The van der Waals surface area contributed by atoms with Gasteiger partial charge in [0.15, 0.2) is 0 Å². The minimum Gasteiger partial charge on any atom is -0.197 e. The van der Waals surface area contributed by atoms with Crippen LogP contribution in [0.2, 0.25) is 0 Å². The quantitative estimate of drug-likeness (QED) is 0.683. The van der Waals surface area contributed by atoms with Crippen molar-refractivity contribution in [2.75, 3.05) is 0 Å². The minimum absolute atomic E-state index is 0.248. The van der Waals surface area contributed by atoms with Crippen molar-refractivity contribution in [2.24, 2.45) is 11.8 Å². The molecule has 0 heterocycles. The molecule has 0 aliphatic heterocycles. The van der Waals surface area contributed by atoms with Crippen molar-refractivity contribution < 1.29 is 0 Å². The van der Waals surface area contributed by atoms with Gasteiger partial charge >= 0.3 is 0 Å². The van der Waals surface area contributed by atoms with Gasteiger partial charge < -0.3 is 0 Å². The number of benzene rings is 2. The summed E-state index contributed by atoms with van der Waals surface area (Å²) in [5.41, 5.74) is 2.49. The number of nitrogens with zero attached hydrogens (tertiary/aromatic N) is 1. The maximum Gasteiger partial charge on any atom is 0.0825 e. The Morgan fingerprint density at radius 2 is 1.54 bits per heavy atom. The number of rotatable bonds is 2. The van der Waals surface area contributed by atoms with Crippen molar-refractivity contribution in [3.05, 3.63) is 71.8 Å². The summed E-state index contributed by atoms with van der Waals surface area (Å²) in [4.78, 5) is 0. The Labute approximate surface area is 145 Å². The maximum absolute atomic E-state index is 9.97. The predicted octanol–water partition coefficient (Wildman–Crippen LogP) is 5.83. The lowest BCUT2D eigenvalue weighted by Gasteiger charge is -2.45. The van der Waals surface area contributed by atoms with Crippen LogP contribution in [0.25, 0.3) is 0 Å². The van der Waals surface area contributed by atoms with Crippen molar-refractivity contribution in [3.8, 4) is 6.07 Å². The highest BCUT2D eigenvalue weighted by molar-refractivity contribution is 5.33. The van der Waals surface area contributed by atoms with E-state index in [2.05, 4.69) is 60.7 Å². The normalized spacial score (nSPS) is 32.5. The summed E-state index contributed by atoms with van der Waals surface area (Å²) in [6, 6.07) is 24.2. The molecule has 122 valence electrons. The lowest BCUT2D eigenvalue weighted by Crippen LogP contribution is -2.38. The zero-order valence-corrected chi connectivity index (χ0v) is 14.2. The van der Waals surface area contributed by atoms with E-state index in [1.54, 1.807) is 0 Å². The Morgan fingerprint density at radius 3 is 2.25 bits per heavy atom. The fourth-order valence-corrected chi connectivity index (χ4v) is 5.14. The molecule has 2 aromatic carbocycles. The molecule has 2 saturated carbocycles. The number of fused-ring (bicyclic) bond motifs is 1. The van der Waals surface area contributed by atoms with Crippen molar-refractivity contribution in [1.29, 1.82) is 5.26 Å². The van der Waals surface area contributed by atoms with Gasteiger partial charge in [-0.1, -0.05) is 60.7 Å². The van der Waals surface area contributed by atoms with Crippen LogP contribution in [0.4, 0.5) is 0 Å². The van der Waals surface area contributed by atoms with Crippen molar-refractivity contribution in [3.63, 3.8) is 0 Å². The summed E-state index contributed by atoms with van der Waals surface area (Å²) in [5, 5.41) is 9.97. The van der Waals surface area contributed by atoms with Crippen LogP contribution in [0.5, 0.6) is 0 Å². The van der Waals surface area contributed by atoms with E-state index < -0.39 is 0 Å². The highest BCUT2D eigenvalue weighted by Gasteiger charge is 2.44. The molecule has 2 fully saturated rings. The first-order chi connectivity index (χ1) is 11.8. The average molecular weight is 315 g/mol. The molecule has 0 spiro atoms. The van der Waals surface area contributed by atoms with E-state index >= 15 is 0 Å². The zero-order chi connectivity index (χ0) is 16.4. The second-order valence-electron chi connectivity index (χ2n) is 7.74. The Morgan fingerprint density at radius 1 is 0.833 bits per heavy atom. The molecule has 2 aromatic rings. The Kier molecular flexibility index (Phi) is 4.15. The number of hydrogen-bond acceptors (Lipinski definition) is 1. The first kappa shape index (κ1) is 15.5. The smallest absolute Gasteiger partial charge is 0.0825 e. The average Bonchev–Trinajstić information content (AvgIpc) is 2.68. The highest BCUT2D eigenvalue weighted by atomic mass is 14.5. The first-order valence-electron chi connectivity index (χ1n) is 9.32. The lowest BCUT2D eigenvalue weighted by molar-refractivity contribution is 0.119. The first-order valence-corrected chi connectivity index (χ1v) is 9.32. The van der Waals surface area contributed by atoms with Crippen molar-refractivity contribution in [1.82, 2.24) is 0 Å². The summed E-state index contributed by atoms with van der Waals surface area (Å²) in [6.45, 7) is 0. The van der Waals surface area contributed by atoms with Gasteiger partial charge in [-0.2, -0.15) is 5.26 Å². The molecule has 0 N–H and O–H groups in total. The molecule has 0 radical (unpaired) electrons. The SMILES string of the molecule is N#CC1(c2ccccc2)CCC2CC(c3ccccc3)CCC2C1. The summed E-state index contributed by atoms with van der Waals surface area (Å²) < 4.78 is 0. The maximum atomic E-state index is 9.97.